The van der Waals surface area contributed by atoms with Gasteiger partial charge < -0.3 is 40.0 Å². The van der Waals surface area contributed by atoms with Gasteiger partial charge in [0.05, 0.1) is 51.0 Å². The van der Waals surface area contributed by atoms with Gasteiger partial charge in [0.15, 0.2) is 0 Å². The fraction of sp³-hybridized carbons (Fsp3) is 0.457. The maximum atomic E-state index is 13.6. The number of ether oxygens (including phenoxy) is 3. The first-order chi connectivity index (χ1) is 29.4. The number of imidazole rings is 1. The fourth-order valence-corrected chi connectivity index (χ4v) is 7.99. The van der Waals surface area contributed by atoms with Crippen LogP contribution in [-0.4, -0.2) is 96.6 Å². The second-order valence-electron chi connectivity index (χ2n) is 16.4. The number of carbonyl (C=O) groups excluding carboxylic acids is 4. The highest BCUT2D eigenvalue weighted by molar-refractivity contribution is 5.87. The van der Waals surface area contributed by atoms with Crippen LogP contribution in [0.1, 0.15) is 76.5 Å². The van der Waals surface area contributed by atoms with Crippen LogP contribution in [-0.2, 0) is 30.4 Å². The number of nitrogens with one attached hydrogen (secondary N) is 6. The number of aromatic nitrogens is 2. The van der Waals surface area contributed by atoms with Gasteiger partial charge in [0, 0.05) is 19.1 Å². The summed E-state index contributed by atoms with van der Waals surface area (Å²) in [6.45, 7) is 11.1. The summed E-state index contributed by atoms with van der Waals surface area (Å²) in [5.74, 6) is -0.243. The SMILES string of the molecule is COC(=O)N[C@H](C(=O)N[C@H](c1ncc(-c2ccc(-c3ccc(C4CNC([C@@H]5CCCN5C(=O)[C@@H](NC(=O)OC)C(C)C)N4)cc3)cc2)[nH]1)[C@@H](C)OCc1ccccc1)C(C)C. The van der Waals surface area contributed by atoms with Crippen LogP contribution in [0, 0.1) is 11.8 Å². The molecule has 4 aromatic rings. The van der Waals surface area contributed by atoms with Gasteiger partial charge in [-0.2, -0.15) is 0 Å². The minimum Gasteiger partial charge on any atom is -0.453 e. The monoisotopic (exact) mass is 836 g/mol. The Bertz CT molecular complexity index is 2080. The molecule has 0 saturated carbocycles. The van der Waals surface area contributed by atoms with Crippen LogP contribution in [0.15, 0.2) is 85.1 Å². The summed E-state index contributed by atoms with van der Waals surface area (Å²) in [5.41, 5.74) is 5.96. The van der Waals surface area contributed by atoms with Crippen molar-refractivity contribution in [2.75, 3.05) is 27.3 Å². The fourth-order valence-electron chi connectivity index (χ4n) is 7.99. The van der Waals surface area contributed by atoms with E-state index in [9.17, 15) is 19.2 Å². The highest BCUT2D eigenvalue weighted by atomic mass is 16.5. The lowest BCUT2D eigenvalue weighted by Gasteiger charge is -2.33. The largest absolute Gasteiger partial charge is 0.453 e. The molecule has 3 aromatic carbocycles. The van der Waals surface area contributed by atoms with Crippen molar-refractivity contribution in [3.63, 3.8) is 0 Å². The van der Waals surface area contributed by atoms with Crippen LogP contribution in [0.4, 0.5) is 9.59 Å². The Morgan fingerprint density at radius 1 is 0.787 bits per heavy atom. The van der Waals surface area contributed by atoms with E-state index in [1.807, 2.05) is 82.0 Å². The molecule has 0 aliphatic carbocycles. The van der Waals surface area contributed by atoms with E-state index in [-0.39, 0.29) is 41.9 Å². The Labute approximate surface area is 358 Å². The summed E-state index contributed by atoms with van der Waals surface area (Å²) in [7, 11) is 2.56. The topological polar surface area (TPSA) is 188 Å². The molecule has 3 heterocycles. The number of nitrogens with zero attached hydrogens (tertiary/aromatic N) is 2. The molecule has 61 heavy (non-hydrogen) atoms. The summed E-state index contributed by atoms with van der Waals surface area (Å²) in [4.78, 5) is 61.3. The average molecular weight is 837 g/mol. The number of carbonyl (C=O) groups is 4. The molecule has 2 unspecified atom stereocenters. The summed E-state index contributed by atoms with van der Waals surface area (Å²) < 4.78 is 15.8. The molecule has 6 rings (SSSR count). The Kier molecular flexibility index (Phi) is 15.2. The Balaban J connectivity index is 1.11. The van der Waals surface area contributed by atoms with E-state index in [4.69, 9.17) is 14.2 Å². The van der Waals surface area contributed by atoms with Gasteiger partial charge in [-0.15, -0.1) is 0 Å². The van der Waals surface area contributed by atoms with Crippen LogP contribution in [0.2, 0.25) is 0 Å². The standard InChI is InChI=1S/C46H60N8O7/c1-27(2)38(52-45(57)59-6)43(55)51-40(29(5)61-26-30-12-9-8-10-13-30)42-48-25-36(50-42)34-21-17-32(18-22-34)31-15-19-33(20-16-31)35-24-47-41(49-35)37-14-11-23-54(37)44(56)39(28(3)4)53-46(58)60-7/h8-10,12-13,15-22,25,27-29,35,37-41,47,49H,11,14,23-24,26H2,1-7H3,(H,48,50)(H,51,55)(H,52,57)(H,53,58)/t29-,35?,37+,38+,39+,40+,41?/m1/s1. The Morgan fingerprint density at radius 2 is 1.39 bits per heavy atom. The first kappa shape index (κ1) is 44.8. The van der Waals surface area contributed by atoms with Crippen molar-refractivity contribution in [2.24, 2.45) is 11.8 Å². The third-order valence-corrected chi connectivity index (χ3v) is 11.5. The molecule has 0 spiro atoms. The van der Waals surface area contributed by atoms with Gasteiger partial charge in [-0.05, 0) is 59.4 Å². The lowest BCUT2D eigenvalue weighted by Crippen LogP contribution is -2.57. The molecule has 0 radical (unpaired) electrons. The predicted molar refractivity (Wildman–Crippen MR) is 232 cm³/mol. The summed E-state index contributed by atoms with van der Waals surface area (Å²) in [6, 6.07) is 24.4. The molecular weight excluding hydrogens is 777 g/mol. The van der Waals surface area contributed by atoms with E-state index in [1.54, 1.807) is 6.20 Å². The number of likely N-dealkylation sites (tertiary alicyclic amines) is 1. The molecular formula is C46H60N8O7. The molecule has 326 valence electrons. The highest BCUT2D eigenvalue weighted by Crippen LogP contribution is 2.30. The zero-order valence-electron chi connectivity index (χ0n) is 36.1. The molecule has 2 fully saturated rings. The summed E-state index contributed by atoms with van der Waals surface area (Å²) >= 11 is 0. The van der Waals surface area contributed by atoms with Gasteiger partial charge in [-0.1, -0.05) is 107 Å². The highest BCUT2D eigenvalue weighted by Gasteiger charge is 2.41. The zero-order chi connectivity index (χ0) is 43.6. The number of alkyl carbamates (subject to hydrolysis) is 2. The molecule has 2 aliphatic heterocycles. The molecule has 2 aliphatic rings. The number of rotatable bonds is 16. The lowest BCUT2D eigenvalue weighted by atomic mass is 9.99. The van der Waals surface area contributed by atoms with E-state index < -0.39 is 36.4 Å². The molecule has 2 saturated heterocycles. The predicted octanol–water partition coefficient (Wildman–Crippen LogP) is 5.82. The average Bonchev–Trinajstić information content (AvgIpc) is 4.08. The normalized spacial score (nSPS) is 19.6. The van der Waals surface area contributed by atoms with Gasteiger partial charge in [0.1, 0.15) is 23.9 Å². The second kappa shape index (κ2) is 20.7. The van der Waals surface area contributed by atoms with Crippen LogP contribution in [0.5, 0.6) is 0 Å². The summed E-state index contributed by atoms with van der Waals surface area (Å²) in [6.07, 6.45) is 1.66. The molecule has 7 atom stereocenters. The van der Waals surface area contributed by atoms with Crippen molar-refractivity contribution in [1.82, 2.24) is 41.5 Å². The third kappa shape index (κ3) is 11.1. The smallest absolute Gasteiger partial charge is 0.407 e. The van der Waals surface area contributed by atoms with Crippen LogP contribution >= 0.6 is 0 Å². The van der Waals surface area contributed by atoms with Gasteiger partial charge >= 0.3 is 12.2 Å². The quantitative estimate of drug-likeness (QED) is 0.0803. The van der Waals surface area contributed by atoms with Crippen LogP contribution in [0.25, 0.3) is 22.4 Å². The van der Waals surface area contributed by atoms with Crippen molar-refractivity contribution in [2.45, 2.75) is 96.5 Å². The number of H-pyrrole nitrogens is 1. The number of aromatic amines is 1. The second-order valence-corrected chi connectivity index (χ2v) is 16.4. The Hall–Kier alpha value is -5.77. The molecule has 6 N–H and O–H groups in total. The number of benzene rings is 3. The van der Waals surface area contributed by atoms with E-state index in [0.29, 0.717) is 19.0 Å². The number of amides is 4. The van der Waals surface area contributed by atoms with Gasteiger partial charge in [0.25, 0.3) is 0 Å². The number of hydrogen-bond donors (Lipinski definition) is 6. The van der Waals surface area contributed by atoms with E-state index in [0.717, 1.165) is 52.9 Å². The first-order valence-corrected chi connectivity index (χ1v) is 21.1. The van der Waals surface area contributed by atoms with E-state index in [1.165, 1.54) is 14.2 Å². The maximum Gasteiger partial charge on any atom is 0.407 e. The van der Waals surface area contributed by atoms with Gasteiger partial charge in [-0.3, -0.25) is 20.2 Å². The van der Waals surface area contributed by atoms with Crippen LogP contribution < -0.4 is 26.6 Å². The minimum absolute atomic E-state index is 0.0319. The van der Waals surface area contributed by atoms with Crippen molar-refractivity contribution in [3.05, 3.63) is 102 Å². The summed E-state index contributed by atoms with van der Waals surface area (Å²) in [5, 5.41) is 15.8. The zero-order valence-corrected chi connectivity index (χ0v) is 36.1. The van der Waals surface area contributed by atoms with Crippen molar-refractivity contribution in [1.29, 1.82) is 0 Å². The van der Waals surface area contributed by atoms with E-state index in [2.05, 4.69) is 73.0 Å². The molecule has 0 bridgehead atoms. The van der Waals surface area contributed by atoms with Crippen molar-refractivity contribution in [3.8, 4) is 22.4 Å². The molecule has 4 amide bonds. The number of hydrogen-bond acceptors (Lipinski definition) is 10. The third-order valence-electron chi connectivity index (χ3n) is 11.5. The molecule has 15 heteroatoms. The van der Waals surface area contributed by atoms with E-state index >= 15 is 0 Å². The van der Waals surface area contributed by atoms with Crippen LogP contribution in [0.3, 0.4) is 0 Å². The first-order valence-electron chi connectivity index (χ1n) is 21.1. The van der Waals surface area contributed by atoms with Crippen molar-refractivity contribution < 1.29 is 33.4 Å². The molecule has 15 nitrogen and oxygen atoms in total. The van der Waals surface area contributed by atoms with Gasteiger partial charge in [0.2, 0.25) is 11.8 Å². The van der Waals surface area contributed by atoms with Gasteiger partial charge in [-0.25, -0.2) is 14.6 Å². The number of methoxy groups -OCH3 is 2. The minimum atomic E-state index is -0.836. The maximum absolute atomic E-state index is 13.6. The lowest BCUT2D eigenvalue weighted by molar-refractivity contribution is -0.135. The van der Waals surface area contributed by atoms with Crippen molar-refractivity contribution >= 4 is 24.0 Å². The molecule has 1 aromatic heterocycles. The Morgan fingerprint density at radius 3 is 2.02 bits per heavy atom.